The maximum absolute atomic E-state index is 12.6. The Bertz CT molecular complexity index is 740. The van der Waals surface area contributed by atoms with Crippen molar-refractivity contribution in [3.63, 3.8) is 0 Å². The van der Waals surface area contributed by atoms with E-state index in [1.807, 2.05) is 46.1 Å². The number of likely N-dealkylation sites (tertiary alicyclic amines) is 1. The van der Waals surface area contributed by atoms with Crippen LogP contribution in [-0.2, 0) is 11.4 Å². The van der Waals surface area contributed by atoms with Gasteiger partial charge in [0.2, 0.25) is 5.91 Å². The first-order chi connectivity index (χ1) is 13.3. The Balaban J connectivity index is 1.27. The average molecular weight is 368 g/mol. The lowest BCUT2D eigenvalue weighted by Crippen LogP contribution is -2.31. The number of hydrogen-bond acceptors (Lipinski definition) is 4. The van der Waals surface area contributed by atoms with Crippen molar-refractivity contribution >= 4 is 5.91 Å². The van der Waals surface area contributed by atoms with Crippen LogP contribution in [0, 0.1) is 5.92 Å². The number of amides is 1. The summed E-state index contributed by atoms with van der Waals surface area (Å²) in [5, 5.41) is 8.49. The van der Waals surface area contributed by atoms with Gasteiger partial charge in [-0.25, -0.2) is 4.68 Å². The Hall–Kier alpha value is -2.37. The molecule has 2 fully saturated rings. The topological polar surface area (TPSA) is 60.2 Å². The fraction of sp³-hybridized carbons (Fsp3) is 0.571. The van der Waals surface area contributed by atoms with Crippen LogP contribution in [0.3, 0.4) is 0 Å². The predicted octanol–water partition coefficient (Wildman–Crippen LogP) is 3.60. The minimum Gasteiger partial charge on any atom is -0.487 e. The minimum absolute atomic E-state index is 0.221. The summed E-state index contributed by atoms with van der Waals surface area (Å²) >= 11 is 0. The highest BCUT2D eigenvalue weighted by Crippen LogP contribution is 2.28. The molecule has 1 amide bonds. The number of para-hydroxylation sites is 1. The Labute approximate surface area is 160 Å². The van der Waals surface area contributed by atoms with Crippen molar-refractivity contribution in [3.05, 3.63) is 42.2 Å². The SMILES string of the molecule is O=C(CC1CCCCC1)N1CCC(n2cc(COc3ccccc3)nn2)C1. The highest BCUT2D eigenvalue weighted by molar-refractivity contribution is 5.76. The molecule has 1 aliphatic carbocycles. The summed E-state index contributed by atoms with van der Waals surface area (Å²) in [5.74, 6) is 1.74. The van der Waals surface area contributed by atoms with Crippen LogP contribution in [0.4, 0.5) is 0 Å². The van der Waals surface area contributed by atoms with E-state index >= 15 is 0 Å². The molecule has 0 spiro atoms. The summed E-state index contributed by atoms with van der Waals surface area (Å²) in [6, 6.07) is 9.94. The van der Waals surface area contributed by atoms with E-state index in [0.717, 1.165) is 37.4 Å². The number of hydrogen-bond donors (Lipinski definition) is 0. The molecule has 6 nitrogen and oxygen atoms in total. The Morgan fingerprint density at radius 1 is 1.11 bits per heavy atom. The molecular weight excluding hydrogens is 340 g/mol. The molecule has 1 unspecified atom stereocenters. The molecule has 1 atom stereocenters. The lowest BCUT2D eigenvalue weighted by Gasteiger charge is -2.24. The summed E-state index contributed by atoms with van der Waals surface area (Å²) in [4.78, 5) is 14.6. The van der Waals surface area contributed by atoms with E-state index < -0.39 is 0 Å². The quantitative estimate of drug-likeness (QED) is 0.782. The molecule has 144 valence electrons. The molecule has 2 aliphatic rings. The van der Waals surface area contributed by atoms with Crippen LogP contribution in [0.1, 0.15) is 56.7 Å². The van der Waals surface area contributed by atoms with Gasteiger partial charge >= 0.3 is 0 Å². The van der Waals surface area contributed by atoms with Crippen molar-refractivity contribution in [2.24, 2.45) is 5.92 Å². The van der Waals surface area contributed by atoms with Crippen LogP contribution in [0.25, 0.3) is 0 Å². The molecule has 1 aliphatic heterocycles. The number of ether oxygens (including phenoxy) is 1. The zero-order chi connectivity index (χ0) is 18.5. The molecular formula is C21H28N4O2. The number of benzene rings is 1. The number of nitrogens with zero attached hydrogens (tertiary/aromatic N) is 4. The van der Waals surface area contributed by atoms with Crippen molar-refractivity contribution in [2.75, 3.05) is 13.1 Å². The minimum atomic E-state index is 0.221. The zero-order valence-corrected chi connectivity index (χ0v) is 15.8. The van der Waals surface area contributed by atoms with Gasteiger partial charge < -0.3 is 9.64 Å². The molecule has 1 saturated heterocycles. The summed E-state index contributed by atoms with van der Waals surface area (Å²) < 4.78 is 7.63. The van der Waals surface area contributed by atoms with Crippen LogP contribution in [-0.4, -0.2) is 38.9 Å². The zero-order valence-electron chi connectivity index (χ0n) is 15.8. The second-order valence-electron chi connectivity index (χ2n) is 7.78. The second-order valence-corrected chi connectivity index (χ2v) is 7.78. The third-order valence-electron chi connectivity index (χ3n) is 5.77. The van der Waals surface area contributed by atoms with Gasteiger partial charge in [-0.05, 0) is 37.3 Å². The third kappa shape index (κ3) is 4.67. The van der Waals surface area contributed by atoms with Crippen molar-refractivity contribution in [1.82, 2.24) is 19.9 Å². The van der Waals surface area contributed by atoms with E-state index in [9.17, 15) is 4.79 Å². The van der Waals surface area contributed by atoms with Crippen molar-refractivity contribution < 1.29 is 9.53 Å². The fourth-order valence-corrected chi connectivity index (χ4v) is 4.18. The maximum Gasteiger partial charge on any atom is 0.222 e. The molecule has 0 N–H and O–H groups in total. The molecule has 4 rings (SSSR count). The van der Waals surface area contributed by atoms with E-state index in [1.54, 1.807) is 0 Å². The van der Waals surface area contributed by atoms with Crippen LogP contribution in [0.2, 0.25) is 0 Å². The number of aromatic nitrogens is 3. The van der Waals surface area contributed by atoms with Crippen LogP contribution in [0.5, 0.6) is 5.75 Å². The Kier molecular flexibility index (Phi) is 5.70. The fourth-order valence-electron chi connectivity index (χ4n) is 4.18. The molecule has 27 heavy (non-hydrogen) atoms. The third-order valence-corrected chi connectivity index (χ3v) is 5.77. The van der Waals surface area contributed by atoms with Crippen LogP contribution >= 0.6 is 0 Å². The summed E-state index contributed by atoms with van der Waals surface area (Å²) in [7, 11) is 0. The van der Waals surface area contributed by atoms with Gasteiger partial charge in [-0.2, -0.15) is 0 Å². The van der Waals surface area contributed by atoms with Crippen molar-refractivity contribution in [3.8, 4) is 5.75 Å². The van der Waals surface area contributed by atoms with Crippen LogP contribution < -0.4 is 4.74 Å². The molecule has 0 bridgehead atoms. The molecule has 1 aromatic heterocycles. The summed E-state index contributed by atoms with van der Waals surface area (Å²) in [5.41, 5.74) is 0.811. The first kappa shape index (κ1) is 18.0. The van der Waals surface area contributed by atoms with E-state index in [0.29, 0.717) is 18.4 Å². The van der Waals surface area contributed by atoms with Gasteiger partial charge in [-0.1, -0.05) is 42.7 Å². The number of carbonyl (C=O) groups is 1. The van der Waals surface area contributed by atoms with Gasteiger partial charge in [0.1, 0.15) is 18.1 Å². The first-order valence-electron chi connectivity index (χ1n) is 10.1. The predicted molar refractivity (Wildman–Crippen MR) is 102 cm³/mol. The molecule has 1 aromatic carbocycles. The number of carbonyl (C=O) groups excluding carboxylic acids is 1. The molecule has 2 heterocycles. The van der Waals surface area contributed by atoms with E-state index in [-0.39, 0.29) is 6.04 Å². The largest absolute Gasteiger partial charge is 0.487 e. The summed E-state index contributed by atoms with van der Waals surface area (Å²) in [6.07, 6.45) is 9.95. The van der Waals surface area contributed by atoms with Gasteiger partial charge in [-0.15, -0.1) is 5.10 Å². The molecule has 2 aromatic rings. The Morgan fingerprint density at radius 2 is 1.93 bits per heavy atom. The normalized spacial score (nSPS) is 20.7. The average Bonchev–Trinajstić information content (AvgIpc) is 3.37. The molecule has 1 saturated carbocycles. The van der Waals surface area contributed by atoms with E-state index in [1.165, 1.54) is 32.1 Å². The van der Waals surface area contributed by atoms with Crippen molar-refractivity contribution in [1.29, 1.82) is 0 Å². The number of rotatable bonds is 6. The van der Waals surface area contributed by atoms with Crippen LogP contribution in [0.15, 0.2) is 36.5 Å². The lowest BCUT2D eigenvalue weighted by molar-refractivity contribution is -0.131. The molecule has 0 radical (unpaired) electrons. The van der Waals surface area contributed by atoms with E-state index in [4.69, 9.17) is 4.74 Å². The highest BCUT2D eigenvalue weighted by Gasteiger charge is 2.29. The van der Waals surface area contributed by atoms with Gasteiger partial charge in [0.05, 0.1) is 12.2 Å². The standard InChI is InChI=1S/C21H28N4O2/c26-21(13-17-7-3-1-4-8-17)24-12-11-19(15-24)25-14-18(22-23-25)16-27-20-9-5-2-6-10-20/h2,5-6,9-10,14,17,19H,1,3-4,7-8,11-13,15-16H2. The maximum atomic E-state index is 12.6. The van der Waals surface area contributed by atoms with Gasteiger partial charge in [0, 0.05) is 19.5 Å². The first-order valence-corrected chi connectivity index (χ1v) is 10.1. The summed E-state index contributed by atoms with van der Waals surface area (Å²) in [6.45, 7) is 1.97. The van der Waals surface area contributed by atoms with Gasteiger partial charge in [-0.3, -0.25) is 4.79 Å². The Morgan fingerprint density at radius 3 is 2.74 bits per heavy atom. The highest BCUT2D eigenvalue weighted by atomic mass is 16.5. The van der Waals surface area contributed by atoms with Crippen molar-refractivity contribution in [2.45, 2.75) is 57.6 Å². The molecule has 6 heteroatoms. The smallest absolute Gasteiger partial charge is 0.222 e. The monoisotopic (exact) mass is 368 g/mol. The van der Waals surface area contributed by atoms with E-state index in [2.05, 4.69) is 10.3 Å². The second kappa shape index (κ2) is 8.55. The van der Waals surface area contributed by atoms with Gasteiger partial charge in [0.25, 0.3) is 0 Å². The lowest BCUT2D eigenvalue weighted by atomic mass is 9.87. The van der Waals surface area contributed by atoms with Gasteiger partial charge in [0.15, 0.2) is 0 Å².